The molecular weight excluding hydrogens is 296 g/mol. The summed E-state index contributed by atoms with van der Waals surface area (Å²) in [6.45, 7) is 11.2. The molecule has 1 aromatic carbocycles. The van der Waals surface area contributed by atoms with Crippen LogP contribution >= 0.6 is 0 Å². The molecule has 0 aliphatic carbocycles. The van der Waals surface area contributed by atoms with Gasteiger partial charge in [0, 0.05) is 6.54 Å². The largest absolute Gasteiger partial charge is 0.352 e. The molecule has 2 N–H and O–H groups in total. The Labute approximate surface area is 146 Å². The number of amides is 1. The molecular formula is C21H32N2O. The zero-order valence-corrected chi connectivity index (χ0v) is 15.6. The van der Waals surface area contributed by atoms with Crippen molar-refractivity contribution in [2.75, 3.05) is 19.6 Å². The van der Waals surface area contributed by atoms with E-state index in [9.17, 15) is 4.79 Å². The van der Waals surface area contributed by atoms with Gasteiger partial charge < -0.3 is 10.6 Å². The predicted molar refractivity (Wildman–Crippen MR) is 101 cm³/mol. The van der Waals surface area contributed by atoms with Gasteiger partial charge in [-0.1, -0.05) is 62.8 Å². The van der Waals surface area contributed by atoms with Crippen molar-refractivity contribution in [2.24, 2.45) is 5.41 Å². The number of hydrogen-bond donors (Lipinski definition) is 2. The number of hydrogen-bond acceptors (Lipinski definition) is 2. The van der Waals surface area contributed by atoms with E-state index in [1.54, 1.807) is 0 Å². The fourth-order valence-electron chi connectivity index (χ4n) is 3.28. The number of carbonyl (C=O) groups excluding carboxylic acids is 1. The SMILES string of the molecule is CCC(C)(C)/C(C)=C/CNC(=O)C1(c2ccccc2)CCNCC1. The van der Waals surface area contributed by atoms with Gasteiger partial charge in [-0.15, -0.1) is 0 Å². The van der Waals surface area contributed by atoms with Crippen molar-refractivity contribution in [1.82, 2.24) is 10.6 Å². The molecule has 1 saturated heterocycles. The fourth-order valence-corrected chi connectivity index (χ4v) is 3.28. The third-order valence-corrected chi connectivity index (χ3v) is 5.84. The molecule has 1 amide bonds. The van der Waals surface area contributed by atoms with E-state index in [4.69, 9.17) is 0 Å². The van der Waals surface area contributed by atoms with Gasteiger partial charge in [-0.3, -0.25) is 4.79 Å². The monoisotopic (exact) mass is 328 g/mol. The summed E-state index contributed by atoms with van der Waals surface area (Å²) in [6, 6.07) is 10.2. The molecule has 3 nitrogen and oxygen atoms in total. The lowest BCUT2D eigenvalue weighted by molar-refractivity contribution is -0.127. The van der Waals surface area contributed by atoms with Crippen LogP contribution in [0.1, 0.15) is 52.5 Å². The molecule has 24 heavy (non-hydrogen) atoms. The lowest BCUT2D eigenvalue weighted by atomic mass is 9.72. The molecule has 0 atom stereocenters. The van der Waals surface area contributed by atoms with E-state index in [1.165, 1.54) is 5.57 Å². The normalized spacial score (nSPS) is 18.2. The van der Waals surface area contributed by atoms with Crippen LogP contribution in [-0.4, -0.2) is 25.5 Å². The van der Waals surface area contributed by atoms with E-state index >= 15 is 0 Å². The van der Waals surface area contributed by atoms with Crippen molar-refractivity contribution in [1.29, 1.82) is 0 Å². The van der Waals surface area contributed by atoms with E-state index in [0.29, 0.717) is 6.54 Å². The van der Waals surface area contributed by atoms with Crippen molar-refractivity contribution in [3.8, 4) is 0 Å². The minimum Gasteiger partial charge on any atom is -0.352 e. The molecule has 1 aliphatic heterocycles. The summed E-state index contributed by atoms with van der Waals surface area (Å²) in [5, 5.41) is 6.55. The maximum atomic E-state index is 13.1. The van der Waals surface area contributed by atoms with Crippen molar-refractivity contribution >= 4 is 5.91 Å². The molecule has 132 valence electrons. The first kappa shape index (κ1) is 18.7. The first-order valence-corrected chi connectivity index (χ1v) is 9.14. The molecule has 1 heterocycles. The Kier molecular flexibility index (Phi) is 6.22. The topological polar surface area (TPSA) is 41.1 Å². The van der Waals surface area contributed by atoms with Gasteiger partial charge in [0.15, 0.2) is 0 Å². The molecule has 0 aromatic heterocycles. The molecule has 0 spiro atoms. The van der Waals surface area contributed by atoms with E-state index < -0.39 is 5.41 Å². The van der Waals surface area contributed by atoms with Gasteiger partial charge in [0.25, 0.3) is 0 Å². The molecule has 0 bridgehead atoms. The van der Waals surface area contributed by atoms with Crippen LogP contribution < -0.4 is 10.6 Å². The highest BCUT2D eigenvalue weighted by molar-refractivity contribution is 5.88. The highest BCUT2D eigenvalue weighted by Gasteiger charge is 2.40. The minimum atomic E-state index is -0.394. The van der Waals surface area contributed by atoms with Crippen molar-refractivity contribution < 1.29 is 4.79 Å². The van der Waals surface area contributed by atoms with Crippen LogP contribution in [0.3, 0.4) is 0 Å². The summed E-state index contributed by atoms with van der Waals surface area (Å²) >= 11 is 0. The first-order chi connectivity index (χ1) is 11.4. The van der Waals surface area contributed by atoms with Gasteiger partial charge in [0.05, 0.1) is 5.41 Å². The lowest BCUT2D eigenvalue weighted by Crippen LogP contribution is -2.50. The standard InChI is InChI=1S/C21H32N2O/c1-5-20(3,4)17(2)11-14-23-19(24)21(12-15-22-16-13-21)18-9-7-6-8-10-18/h6-11,22H,5,12-16H2,1-4H3,(H,23,24)/b17-11+. The van der Waals surface area contributed by atoms with Crippen LogP contribution in [0.5, 0.6) is 0 Å². The molecule has 1 aromatic rings. The minimum absolute atomic E-state index is 0.161. The molecule has 0 saturated carbocycles. The number of benzene rings is 1. The second-order valence-electron chi connectivity index (χ2n) is 7.53. The predicted octanol–water partition coefficient (Wildman–Crippen LogP) is 3.81. The van der Waals surface area contributed by atoms with E-state index in [2.05, 4.69) is 56.5 Å². The maximum absolute atomic E-state index is 13.1. The van der Waals surface area contributed by atoms with E-state index in [0.717, 1.165) is 37.9 Å². The number of carbonyl (C=O) groups is 1. The highest BCUT2D eigenvalue weighted by Crippen LogP contribution is 2.34. The van der Waals surface area contributed by atoms with E-state index in [1.807, 2.05) is 18.2 Å². The zero-order chi connectivity index (χ0) is 17.6. The zero-order valence-electron chi connectivity index (χ0n) is 15.6. The Morgan fingerprint density at radius 1 is 1.25 bits per heavy atom. The Morgan fingerprint density at radius 3 is 2.46 bits per heavy atom. The second kappa shape index (κ2) is 7.98. The van der Waals surface area contributed by atoms with Gasteiger partial charge in [-0.05, 0) is 50.3 Å². The number of nitrogens with one attached hydrogen (secondary N) is 2. The number of allylic oxidation sites excluding steroid dienone is 1. The Morgan fingerprint density at radius 2 is 1.88 bits per heavy atom. The summed E-state index contributed by atoms with van der Waals surface area (Å²) in [5.74, 6) is 0.161. The average Bonchev–Trinajstić information content (AvgIpc) is 2.62. The van der Waals surface area contributed by atoms with Crippen LogP contribution in [0.4, 0.5) is 0 Å². The molecule has 0 radical (unpaired) electrons. The molecule has 1 aliphatic rings. The second-order valence-corrected chi connectivity index (χ2v) is 7.53. The van der Waals surface area contributed by atoms with Crippen molar-refractivity contribution in [3.05, 3.63) is 47.5 Å². The van der Waals surface area contributed by atoms with Gasteiger partial charge in [-0.2, -0.15) is 0 Å². The fraction of sp³-hybridized carbons (Fsp3) is 0.571. The van der Waals surface area contributed by atoms with Gasteiger partial charge >= 0.3 is 0 Å². The Balaban J connectivity index is 2.11. The van der Waals surface area contributed by atoms with Crippen molar-refractivity contribution in [3.63, 3.8) is 0 Å². The molecule has 1 fully saturated rings. The highest BCUT2D eigenvalue weighted by atomic mass is 16.2. The average molecular weight is 329 g/mol. The Hall–Kier alpha value is -1.61. The number of rotatable bonds is 6. The summed E-state index contributed by atoms with van der Waals surface area (Å²) in [6.07, 6.45) is 4.97. The first-order valence-electron chi connectivity index (χ1n) is 9.14. The molecule has 3 heteroatoms. The summed E-state index contributed by atoms with van der Waals surface area (Å²) in [4.78, 5) is 13.1. The molecule has 2 rings (SSSR count). The van der Waals surface area contributed by atoms with Crippen LogP contribution in [0, 0.1) is 5.41 Å². The van der Waals surface area contributed by atoms with Gasteiger partial charge in [0.1, 0.15) is 0 Å². The lowest BCUT2D eigenvalue weighted by Gasteiger charge is -2.36. The van der Waals surface area contributed by atoms with Gasteiger partial charge in [-0.25, -0.2) is 0 Å². The smallest absolute Gasteiger partial charge is 0.231 e. The summed E-state index contributed by atoms with van der Waals surface area (Å²) in [7, 11) is 0. The van der Waals surface area contributed by atoms with Crippen LogP contribution in [0.2, 0.25) is 0 Å². The number of piperidine rings is 1. The van der Waals surface area contributed by atoms with Crippen LogP contribution in [0.15, 0.2) is 42.0 Å². The summed E-state index contributed by atoms with van der Waals surface area (Å²) in [5.41, 5.74) is 2.27. The molecule has 0 unspecified atom stereocenters. The van der Waals surface area contributed by atoms with Crippen LogP contribution in [-0.2, 0) is 10.2 Å². The van der Waals surface area contributed by atoms with E-state index in [-0.39, 0.29) is 11.3 Å². The maximum Gasteiger partial charge on any atom is 0.231 e. The third kappa shape index (κ3) is 4.07. The van der Waals surface area contributed by atoms with Crippen LogP contribution in [0.25, 0.3) is 0 Å². The third-order valence-electron chi connectivity index (χ3n) is 5.84. The Bertz CT molecular complexity index is 569. The van der Waals surface area contributed by atoms with Gasteiger partial charge in [0.2, 0.25) is 5.91 Å². The summed E-state index contributed by atoms with van der Waals surface area (Å²) < 4.78 is 0. The van der Waals surface area contributed by atoms with Crippen molar-refractivity contribution in [2.45, 2.75) is 52.4 Å². The quantitative estimate of drug-likeness (QED) is 0.780.